The Hall–Kier alpha value is -0.590. The summed E-state index contributed by atoms with van der Waals surface area (Å²) >= 11 is 0. The van der Waals surface area contributed by atoms with Gasteiger partial charge in [0.05, 0.1) is 0 Å². The normalized spacial score (nSPS) is 14.4. The largest absolute Gasteiger partial charge is 0.298 e. The summed E-state index contributed by atoms with van der Waals surface area (Å²) in [5.74, 6) is 1.84. The molecule has 0 aromatic rings. The average Bonchev–Trinajstić information content (AvgIpc) is 2.63. The van der Waals surface area contributed by atoms with Crippen LogP contribution in [0.25, 0.3) is 0 Å². The molecule has 0 saturated heterocycles. The Morgan fingerprint density at radius 1 is 0.692 bits per heavy atom. The van der Waals surface area contributed by atoms with Crippen molar-refractivity contribution in [2.75, 3.05) is 0 Å². The van der Waals surface area contributed by atoms with Gasteiger partial charge in [0.2, 0.25) is 0 Å². The molecule has 0 aliphatic rings. The van der Waals surface area contributed by atoms with Crippen LogP contribution in [0.5, 0.6) is 0 Å². The van der Waals surface area contributed by atoms with Gasteiger partial charge in [-0.25, -0.2) is 0 Å². The lowest BCUT2D eigenvalue weighted by atomic mass is 9.93. The van der Waals surface area contributed by atoms with Gasteiger partial charge in [0.15, 0.2) is 0 Å². The van der Waals surface area contributed by atoms with E-state index in [0.717, 1.165) is 30.1 Å². The standard InChI is InChI=1S/C25H48O/c1-5-6-7-12-17-23(2)19-15-11-16-20-24(3)18-13-9-8-10-14-21-25(4)22-26/h21-24H,5-20H2,1-4H3/b25-21+. The van der Waals surface area contributed by atoms with Crippen LogP contribution in [0.3, 0.4) is 0 Å². The van der Waals surface area contributed by atoms with Crippen LogP contribution in [0, 0.1) is 11.8 Å². The number of unbranched alkanes of at least 4 members (excludes halogenated alkanes) is 9. The Labute approximate surface area is 165 Å². The van der Waals surface area contributed by atoms with Gasteiger partial charge in [-0.15, -0.1) is 0 Å². The highest BCUT2D eigenvalue weighted by Crippen LogP contribution is 2.20. The maximum atomic E-state index is 10.5. The fourth-order valence-corrected chi connectivity index (χ4v) is 3.74. The zero-order valence-electron chi connectivity index (χ0n) is 18.5. The first-order valence-electron chi connectivity index (χ1n) is 11.7. The molecule has 0 heterocycles. The minimum Gasteiger partial charge on any atom is -0.298 e. The van der Waals surface area contributed by atoms with Gasteiger partial charge < -0.3 is 0 Å². The fraction of sp³-hybridized carbons (Fsp3) is 0.880. The van der Waals surface area contributed by atoms with Crippen LogP contribution in [-0.4, -0.2) is 6.29 Å². The van der Waals surface area contributed by atoms with Crippen molar-refractivity contribution in [1.82, 2.24) is 0 Å². The van der Waals surface area contributed by atoms with Crippen molar-refractivity contribution in [3.63, 3.8) is 0 Å². The Kier molecular flexibility index (Phi) is 18.7. The van der Waals surface area contributed by atoms with E-state index in [1.54, 1.807) is 0 Å². The number of carbonyl (C=O) groups is 1. The Morgan fingerprint density at radius 2 is 1.12 bits per heavy atom. The molecule has 0 amide bonds. The molecule has 1 nitrogen and oxygen atoms in total. The molecule has 2 unspecified atom stereocenters. The van der Waals surface area contributed by atoms with Crippen molar-refractivity contribution in [2.24, 2.45) is 11.8 Å². The summed E-state index contributed by atoms with van der Waals surface area (Å²) in [5.41, 5.74) is 0.879. The zero-order valence-corrected chi connectivity index (χ0v) is 18.5. The van der Waals surface area contributed by atoms with E-state index in [2.05, 4.69) is 26.8 Å². The van der Waals surface area contributed by atoms with Crippen LogP contribution in [0.4, 0.5) is 0 Å². The Bertz CT molecular complexity index is 331. The molecule has 0 radical (unpaired) electrons. The summed E-state index contributed by atoms with van der Waals surface area (Å²) in [5, 5.41) is 0. The minimum atomic E-state index is 0.879. The number of aldehydes is 1. The van der Waals surface area contributed by atoms with Crippen LogP contribution in [0.15, 0.2) is 11.6 Å². The molecule has 0 aromatic heterocycles. The highest BCUT2D eigenvalue weighted by atomic mass is 16.1. The summed E-state index contributed by atoms with van der Waals surface area (Å²) < 4.78 is 0. The SMILES string of the molecule is CCCCCCC(C)CCCCCC(C)CCCCCC/C=C(\C)C=O. The molecule has 1 heteroatoms. The number of rotatable bonds is 19. The molecular weight excluding hydrogens is 316 g/mol. The van der Waals surface area contributed by atoms with Gasteiger partial charge in [-0.1, -0.05) is 117 Å². The maximum Gasteiger partial charge on any atom is 0.145 e. The molecule has 0 aliphatic carbocycles. The van der Waals surface area contributed by atoms with Gasteiger partial charge in [-0.3, -0.25) is 4.79 Å². The Balaban J connectivity index is 3.36. The van der Waals surface area contributed by atoms with E-state index in [1.165, 1.54) is 96.3 Å². The summed E-state index contributed by atoms with van der Waals surface area (Å²) in [6, 6.07) is 0. The molecular formula is C25H48O. The second kappa shape index (κ2) is 19.2. The van der Waals surface area contributed by atoms with Crippen molar-refractivity contribution in [3.05, 3.63) is 11.6 Å². The molecule has 0 aromatic carbocycles. The maximum absolute atomic E-state index is 10.5. The quantitative estimate of drug-likeness (QED) is 0.127. The van der Waals surface area contributed by atoms with E-state index in [9.17, 15) is 4.79 Å². The highest BCUT2D eigenvalue weighted by molar-refractivity contribution is 5.71. The second-order valence-corrected chi connectivity index (χ2v) is 8.76. The molecule has 0 bridgehead atoms. The predicted octanol–water partition coefficient (Wildman–Crippen LogP) is 8.67. The van der Waals surface area contributed by atoms with Gasteiger partial charge in [0, 0.05) is 0 Å². The van der Waals surface area contributed by atoms with E-state index in [1.807, 2.05) is 6.92 Å². The Morgan fingerprint density at radius 3 is 1.58 bits per heavy atom. The van der Waals surface area contributed by atoms with Crippen molar-refractivity contribution >= 4 is 6.29 Å². The second-order valence-electron chi connectivity index (χ2n) is 8.76. The van der Waals surface area contributed by atoms with Crippen LogP contribution >= 0.6 is 0 Å². The van der Waals surface area contributed by atoms with Crippen LogP contribution in [0.2, 0.25) is 0 Å². The summed E-state index contributed by atoms with van der Waals surface area (Å²) in [6.07, 6.45) is 25.0. The van der Waals surface area contributed by atoms with Crippen LogP contribution < -0.4 is 0 Å². The highest BCUT2D eigenvalue weighted by Gasteiger charge is 2.04. The van der Waals surface area contributed by atoms with Gasteiger partial charge >= 0.3 is 0 Å². The average molecular weight is 365 g/mol. The molecule has 2 atom stereocenters. The molecule has 0 spiro atoms. The van der Waals surface area contributed by atoms with Crippen molar-refractivity contribution < 1.29 is 4.79 Å². The molecule has 0 N–H and O–H groups in total. The molecule has 0 aliphatic heterocycles. The minimum absolute atomic E-state index is 0.879. The van der Waals surface area contributed by atoms with Crippen molar-refractivity contribution in [3.8, 4) is 0 Å². The summed E-state index contributed by atoms with van der Waals surface area (Å²) in [4.78, 5) is 10.5. The van der Waals surface area contributed by atoms with Crippen molar-refractivity contribution in [1.29, 1.82) is 0 Å². The first kappa shape index (κ1) is 25.4. The summed E-state index contributed by atoms with van der Waals surface area (Å²) in [7, 11) is 0. The predicted molar refractivity (Wildman–Crippen MR) is 118 cm³/mol. The lowest BCUT2D eigenvalue weighted by Gasteiger charge is -2.13. The van der Waals surface area contributed by atoms with E-state index in [4.69, 9.17) is 0 Å². The molecule has 26 heavy (non-hydrogen) atoms. The number of hydrogen-bond donors (Lipinski definition) is 0. The number of carbonyl (C=O) groups excluding carboxylic acids is 1. The van der Waals surface area contributed by atoms with Crippen molar-refractivity contribution in [2.45, 2.75) is 130 Å². The monoisotopic (exact) mass is 364 g/mol. The number of allylic oxidation sites excluding steroid dienone is 2. The molecule has 0 fully saturated rings. The first-order chi connectivity index (χ1) is 12.6. The molecule has 154 valence electrons. The first-order valence-corrected chi connectivity index (χ1v) is 11.7. The van der Waals surface area contributed by atoms with E-state index < -0.39 is 0 Å². The van der Waals surface area contributed by atoms with Crippen LogP contribution in [-0.2, 0) is 4.79 Å². The van der Waals surface area contributed by atoms with E-state index in [0.29, 0.717) is 0 Å². The van der Waals surface area contributed by atoms with Gasteiger partial charge in [0.1, 0.15) is 6.29 Å². The van der Waals surface area contributed by atoms with E-state index >= 15 is 0 Å². The topological polar surface area (TPSA) is 17.1 Å². The van der Waals surface area contributed by atoms with Gasteiger partial charge in [-0.2, -0.15) is 0 Å². The lowest BCUT2D eigenvalue weighted by molar-refractivity contribution is -0.104. The third-order valence-corrected chi connectivity index (χ3v) is 5.75. The number of hydrogen-bond acceptors (Lipinski definition) is 1. The molecule has 0 saturated carbocycles. The smallest absolute Gasteiger partial charge is 0.145 e. The third-order valence-electron chi connectivity index (χ3n) is 5.75. The third kappa shape index (κ3) is 18.2. The zero-order chi connectivity index (χ0) is 19.5. The van der Waals surface area contributed by atoms with E-state index in [-0.39, 0.29) is 0 Å². The summed E-state index contributed by atoms with van der Waals surface area (Å²) in [6.45, 7) is 9.07. The van der Waals surface area contributed by atoms with Gasteiger partial charge in [0.25, 0.3) is 0 Å². The molecule has 0 rings (SSSR count). The fourth-order valence-electron chi connectivity index (χ4n) is 3.74. The lowest BCUT2D eigenvalue weighted by Crippen LogP contribution is -1.97. The van der Waals surface area contributed by atoms with Crippen LogP contribution in [0.1, 0.15) is 130 Å². The van der Waals surface area contributed by atoms with Gasteiger partial charge in [-0.05, 0) is 37.2 Å².